The van der Waals surface area contributed by atoms with Crippen LogP contribution in [0.3, 0.4) is 0 Å². The summed E-state index contributed by atoms with van der Waals surface area (Å²) in [7, 11) is 0. The standard InChI is InChI=1S/C20H26O4/c1-3-5-13-24-18-14-17(21)19(18)16(20(22)23-4-2)12-11-15-9-7-6-8-10-15/h6-10,12,18-19H,3-5,11,13-14H2,1-2H3/b16-12-/t18-,19-/m0/s1. The van der Waals surface area contributed by atoms with Crippen molar-refractivity contribution in [3.8, 4) is 0 Å². The SMILES string of the molecule is CCCCO[C@H]1CC(=O)[C@@H]1/C(=C/Cc1ccccc1)C(=O)OCC. The smallest absolute Gasteiger partial charge is 0.334 e. The summed E-state index contributed by atoms with van der Waals surface area (Å²) < 4.78 is 10.9. The van der Waals surface area contributed by atoms with Crippen LogP contribution in [0, 0.1) is 5.92 Å². The molecule has 0 unspecified atom stereocenters. The summed E-state index contributed by atoms with van der Waals surface area (Å²) >= 11 is 0. The number of carbonyl (C=O) groups excluding carboxylic acids is 2. The molecule has 1 aromatic carbocycles. The van der Waals surface area contributed by atoms with Crippen LogP contribution in [0.2, 0.25) is 0 Å². The van der Waals surface area contributed by atoms with E-state index in [0.717, 1.165) is 18.4 Å². The summed E-state index contributed by atoms with van der Waals surface area (Å²) in [5.41, 5.74) is 1.54. The van der Waals surface area contributed by atoms with Crippen molar-refractivity contribution >= 4 is 11.8 Å². The van der Waals surface area contributed by atoms with Gasteiger partial charge in [0.25, 0.3) is 0 Å². The molecular weight excluding hydrogens is 304 g/mol. The maximum Gasteiger partial charge on any atom is 0.334 e. The number of hydrogen-bond acceptors (Lipinski definition) is 4. The van der Waals surface area contributed by atoms with E-state index in [1.807, 2.05) is 36.4 Å². The molecule has 0 saturated heterocycles. The van der Waals surface area contributed by atoms with Crippen LogP contribution in [0.1, 0.15) is 38.7 Å². The van der Waals surface area contributed by atoms with Crippen LogP contribution < -0.4 is 0 Å². The summed E-state index contributed by atoms with van der Waals surface area (Å²) in [6, 6.07) is 9.86. The number of Topliss-reactive ketones (excluding diaryl/α,β-unsaturated/α-hetero) is 1. The quantitative estimate of drug-likeness (QED) is 0.395. The third kappa shape index (κ3) is 4.78. The van der Waals surface area contributed by atoms with Gasteiger partial charge < -0.3 is 9.47 Å². The van der Waals surface area contributed by atoms with Gasteiger partial charge in [-0.2, -0.15) is 0 Å². The number of rotatable bonds is 9. The van der Waals surface area contributed by atoms with Crippen LogP contribution >= 0.6 is 0 Å². The van der Waals surface area contributed by atoms with Crippen molar-refractivity contribution in [2.75, 3.05) is 13.2 Å². The van der Waals surface area contributed by atoms with Crippen LogP contribution in [0.4, 0.5) is 0 Å². The van der Waals surface area contributed by atoms with Crippen molar-refractivity contribution in [2.45, 2.75) is 45.6 Å². The van der Waals surface area contributed by atoms with Crippen LogP contribution in [0.15, 0.2) is 42.0 Å². The van der Waals surface area contributed by atoms with Gasteiger partial charge in [0, 0.05) is 18.6 Å². The number of hydrogen-bond donors (Lipinski definition) is 0. The molecule has 2 atom stereocenters. The van der Waals surface area contributed by atoms with Crippen molar-refractivity contribution in [3.63, 3.8) is 0 Å². The summed E-state index contributed by atoms with van der Waals surface area (Å²) in [5, 5.41) is 0. The lowest BCUT2D eigenvalue weighted by Crippen LogP contribution is -2.46. The molecule has 1 aromatic rings. The van der Waals surface area contributed by atoms with Gasteiger partial charge in [-0.15, -0.1) is 0 Å². The second-order valence-electron chi connectivity index (χ2n) is 5.98. The molecule has 0 amide bonds. The molecule has 0 aromatic heterocycles. The van der Waals surface area contributed by atoms with Crippen molar-refractivity contribution < 1.29 is 19.1 Å². The van der Waals surface area contributed by atoms with Crippen LogP contribution in [0.5, 0.6) is 0 Å². The van der Waals surface area contributed by atoms with Crippen LogP contribution in [0.25, 0.3) is 0 Å². The van der Waals surface area contributed by atoms with E-state index in [1.54, 1.807) is 6.92 Å². The minimum Gasteiger partial charge on any atom is -0.463 e. The van der Waals surface area contributed by atoms with Crippen molar-refractivity contribution in [1.29, 1.82) is 0 Å². The number of benzene rings is 1. The van der Waals surface area contributed by atoms with Gasteiger partial charge in [0.1, 0.15) is 5.78 Å². The minimum absolute atomic E-state index is 0.0591. The van der Waals surface area contributed by atoms with Gasteiger partial charge in [-0.05, 0) is 25.3 Å². The van der Waals surface area contributed by atoms with Crippen molar-refractivity contribution in [3.05, 3.63) is 47.5 Å². The Morgan fingerprint density at radius 2 is 2.00 bits per heavy atom. The zero-order valence-corrected chi connectivity index (χ0v) is 14.5. The zero-order valence-electron chi connectivity index (χ0n) is 14.5. The summed E-state index contributed by atoms with van der Waals surface area (Å²) in [4.78, 5) is 24.4. The van der Waals surface area contributed by atoms with Crippen molar-refractivity contribution in [1.82, 2.24) is 0 Å². The number of allylic oxidation sites excluding steroid dienone is 1. The van der Waals surface area contributed by atoms with E-state index < -0.39 is 11.9 Å². The zero-order chi connectivity index (χ0) is 17.4. The number of unbranched alkanes of at least 4 members (excludes halogenated alkanes) is 1. The maximum absolute atomic E-state index is 12.3. The molecular formula is C20H26O4. The van der Waals surface area contributed by atoms with E-state index in [4.69, 9.17) is 9.47 Å². The monoisotopic (exact) mass is 330 g/mol. The van der Waals surface area contributed by atoms with E-state index in [9.17, 15) is 9.59 Å². The maximum atomic E-state index is 12.3. The van der Waals surface area contributed by atoms with E-state index >= 15 is 0 Å². The van der Waals surface area contributed by atoms with Gasteiger partial charge in [0.15, 0.2) is 0 Å². The van der Waals surface area contributed by atoms with Gasteiger partial charge in [0.2, 0.25) is 0 Å². The Labute approximate surface area is 143 Å². The summed E-state index contributed by atoms with van der Waals surface area (Å²) in [5.74, 6) is -0.830. The highest BCUT2D eigenvalue weighted by atomic mass is 16.5. The molecule has 0 bridgehead atoms. The molecule has 0 N–H and O–H groups in total. The highest BCUT2D eigenvalue weighted by molar-refractivity contribution is 6.01. The lowest BCUT2D eigenvalue weighted by atomic mass is 9.74. The fourth-order valence-electron chi connectivity index (χ4n) is 2.79. The molecule has 2 rings (SSSR count). The average molecular weight is 330 g/mol. The number of ether oxygens (including phenoxy) is 2. The molecule has 0 radical (unpaired) electrons. The minimum atomic E-state index is -0.482. The third-order valence-corrected chi connectivity index (χ3v) is 4.20. The van der Waals surface area contributed by atoms with Gasteiger partial charge >= 0.3 is 5.97 Å². The Bertz CT molecular complexity index is 577. The average Bonchev–Trinajstić information content (AvgIpc) is 2.58. The van der Waals surface area contributed by atoms with E-state index in [1.165, 1.54) is 0 Å². The molecule has 1 aliphatic carbocycles. The highest BCUT2D eigenvalue weighted by Crippen LogP contribution is 2.34. The molecule has 0 heterocycles. The predicted molar refractivity (Wildman–Crippen MR) is 92.6 cm³/mol. The fourth-order valence-corrected chi connectivity index (χ4v) is 2.79. The first-order valence-corrected chi connectivity index (χ1v) is 8.72. The van der Waals surface area contributed by atoms with E-state index in [0.29, 0.717) is 31.6 Å². The molecule has 1 fully saturated rings. The first kappa shape index (κ1) is 18.4. The summed E-state index contributed by atoms with van der Waals surface area (Å²) in [6.07, 6.45) is 4.61. The van der Waals surface area contributed by atoms with E-state index in [-0.39, 0.29) is 11.9 Å². The number of esters is 1. The molecule has 24 heavy (non-hydrogen) atoms. The number of carbonyl (C=O) groups is 2. The normalized spacial score (nSPS) is 20.6. The van der Waals surface area contributed by atoms with Crippen LogP contribution in [-0.2, 0) is 25.5 Å². The lowest BCUT2D eigenvalue weighted by Gasteiger charge is -2.35. The van der Waals surface area contributed by atoms with E-state index in [2.05, 4.69) is 6.92 Å². The van der Waals surface area contributed by atoms with Gasteiger partial charge in [-0.25, -0.2) is 4.79 Å². The molecule has 0 aliphatic heterocycles. The third-order valence-electron chi connectivity index (χ3n) is 4.20. The summed E-state index contributed by atoms with van der Waals surface area (Å²) in [6.45, 7) is 4.78. The molecule has 4 heteroatoms. The molecule has 4 nitrogen and oxygen atoms in total. The lowest BCUT2D eigenvalue weighted by molar-refractivity contribution is -0.149. The van der Waals surface area contributed by atoms with Crippen molar-refractivity contribution in [2.24, 2.45) is 5.92 Å². The Balaban J connectivity index is 2.12. The second kappa shape index (κ2) is 9.38. The molecule has 0 spiro atoms. The molecule has 130 valence electrons. The predicted octanol–water partition coefficient (Wildman–Crippen LogP) is 3.49. The molecule has 1 saturated carbocycles. The Kier molecular flexibility index (Phi) is 7.19. The topological polar surface area (TPSA) is 52.6 Å². The largest absolute Gasteiger partial charge is 0.463 e. The second-order valence-corrected chi connectivity index (χ2v) is 5.98. The first-order chi connectivity index (χ1) is 11.7. The Morgan fingerprint density at radius 1 is 1.25 bits per heavy atom. The Morgan fingerprint density at radius 3 is 2.62 bits per heavy atom. The highest BCUT2D eigenvalue weighted by Gasteiger charge is 2.45. The number of ketones is 1. The first-order valence-electron chi connectivity index (χ1n) is 8.72. The fraction of sp³-hybridized carbons (Fsp3) is 0.500. The van der Waals surface area contributed by atoms with Crippen LogP contribution in [-0.4, -0.2) is 31.1 Å². The Hall–Kier alpha value is -1.94. The van der Waals surface area contributed by atoms with Gasteiger partial charge in [-0.1, -0.05) is 49.8 Å². The van der Waals surface area contributed by atoms with Gasteiger partial charge in [0.05, 0.1) is 18.6 Å². The molecule has 1 aliphatic rings. The van der Waals surface area contributed by atoms with Gasteiger partial charge in [-0.3, -0.25) is 4.79 Å².